The lowest BCUT2D eigenvalue weighted by Gasteiger charge is -2.05. The van der Waals surface area contributed by atoms with Crippen LogP contribution in [0, 0.1) is 10.1 Å². The van der Waals surface area contributed by atoms with Crippen molar-refractivity contribution >= 4 is 17.4 Å². The zero-order chi connectivity index (χ0) is 13.5. The number of hydrogen-bond acceptors (Lipinski definition) is 4. The molecule has 3 N–H and O–H groups in total. The van der Waals surface area contributed by atoms with E-state index in [1.165, 1.54) is 12.1 Å². The molecule has 0 aliphatic rings. The van der Waals surface area contributed by atoms with Crippen molar-refractivity contribution in [2.45, 2.75) is 19.8 Å². The second kappa shape index (κ2) is 6.33. The van der Waals surface area contributed by atoms with Gasteiger partial charge in [-0.05, 0) is 6.42 Å². The zero-order valence-corrected chi connectivity index (χ0v) is 9.92. The molecule has 7 heteroatoms. The van der Waals surface area contributed by atoms with Gasteiger partial charge in [-0.25, -0.2) is 10.2 Å². The lowest BCUT2D eigenvalue weighted by Crippen LogP contribution is -2.26. The number of nitrogens with zero attached hydrogens (tertiary/aromatic N) is 2. The standard InChI is InChI=1S/C11H14N4O3/c1-2-4-10(13-14-11(12)16)8-5-3-6-9(7-8)15(17)18/h3,5-7H,2,4H2,1H3,(H3,12,14,16)/b13-10-. The summed E-state index contributed by atoms with van der Waals surface area (Å²) in [5.74, 6) is 0. The van der Waals surface area contributed by atoms with Crippen LogP contribution in [0.3, 0.4) is 0 Å². The van der Waals surface area contributed by atoms with Gasteiger partial charge in [0.15, 0.2) is 0 Å². The van der Waals surface area contributed by atoms with Crippen LogP contribution in [0.25, 0.3) is 0 Å². The lowest BCUT2D eigenvalue weighted by molar-refractivity contribution is -0.384. The van der Waals surface area contributed by atoms with E-state index in [9.17, 15) is 14.9 Å². The van der Waals surface area contributed by atoms with Crippen molar-refractivity contribution in [2.75, 3.05) is 0 Å². The fourth-order valence-corrected chi connectivity index (χ4v) is 1.42. The number of nitrogens with one attached hydrogen (secondary N) is 1. The summed E-state index contributed by atoms with van der Waals surface area (Å²) in [4.78, 5) is 20.8. The van der Waals surface area contributed by atoms with Gasteiger partial charge in [0.2, 0.25) is 0 Å². The van der Waals surface area contributed by atoms with Crippen LogP contribution in [0.4, 0.5) is 10.5 Å². The molecule has 0 heterocycles. The summed E-state index contributed by atoms with van der Waals surface area (Å²) in [6.07, 6.45) is 1.38. The van der Waals surface area contributed by atoms with E-state index in [1.54, 1.807) is 12.1 Å². The number of amides is 2. The first-order valence-corrected chi connectivity index (χ1v) is 5.41. The Morgan fingerprint density at radius 3 is 2.83 bits per heavy atom. The molecule has 0 saturated heterocycles. The number of primary amides is 1. The first-order valence-electron chi connectivity index (χ1n) is 5.41. The maximum Gasteiger partial charge on any atom is 0.332 e. The van der Waals surface area contributed by atoms with E-state index in [-0.39, 0.29) is 5.69 Å². The normalized spacial score (nSPS) is 11.1. The van der Waals surface area contributed by atoms with Gasteiger partial charge in [0.1, 0.15) is 0 Å². The van der Waals surface area contributed by atoms with Crippen LogP contribution in [-0.4, -0.2) is 16.7 Å². The van der Waals surface area contributed by atoms with Crippen molar-refractivity contribution in [1.82, 2.24) is 5.43 Å². The monoisotopic (exact) mass is 250 g/mol. The van der Waals surface area contributed by atoms with Gasteiger partial charge in [-0.3, -0.25) is 10.1 Å². The third-order valence-corrected chi connectivity index (χ3v) is 2.18. The number of benzene rings is 1. The molecule has 1 rings (SSSR count). The number of non-ortho nitro benzene ring substituents is 1. The number of urea groups is 1. The fourth-order valence-electron chi connectivity index (χ4n) is 1.42. The molecular weight excluding hydrogens is 236 g/mol. The van der Waals surface area contributed by atoms with E-state index in [4.69, 9.17) is 5.73 Å². The van der Waals surface area contributed by atoms with E-state index in [0.717, 1.165) is 6.42 Å². The van der Waals surface area contributed by atoms with Crippen molar-refractivity contribution in [3.63, 3.8) is 0 Å². The highest BCUT2D eigenvalue weighted by Crippen LogP contribution is 2.15. The smallest absolute Gasteiger partial charge is 0.332 e. The van der Waals surface area contributed by atoms with Crippen molar-refractivity contribution in [3.8, 4) is 0 Å². The van der Waals surface area contributed by atoms with Crippen molar-refractivity contribution in [2.24, 2.45) is 10.8 Å². The number of hydrogen-bond donors (Lipinski definition) is 2. The number of hydrazone groups is 1. The molecule has 0 atom stereocenters. The number of nitrogens with two attached hydrogens (primary N) is 1. The van der Waals surface area contributed by atoms with Crippen LogP contribution in [0.2, 0.25) is 0 Å². The highest BCUT2D eigenvalue weighted by atomic mass is 16.6. The summed E-state index contributed by atoms with van der Waals surface area (Å²) < 4.78 is 0. The highest BCUT2D eigenvalue weighted by molar-refractivity contribution is 6.01. The molecule has 0 aliphatic heterocycles. The van der Waals surface area contributed by atoms with Gasteiger partial charge in [-0.2, -0.15) is 5.10 Å². The molecule has 1 aromatic carbocycles. The minimum absolute atomic E-state index is 0.0182. The molecule has 0 radical (unpaired) electrons. The van der Waals surface area contributed by atoms with Crippen LogP contribution in [0.15, 0.2) is 29.4 Å². The number of rotatable bonds is 5. The molecule has 0 spiro atoms. The Kier molecular flexibility index (Phi) is 4.79. The van der Waals surface area contributed by atoms with E-state index >= 15 is 0 Å². The predicted octanol–water partition coefficient (Wildman–Crippen LogP) is 1.77. The third-order valence-electron chi connectivity index (χ3n) is 2.18. The number of nitro groups is 1. The molecule has 0 unspecified atom stereocenters. The predicted molar refractivity (Wildman–Crippen MR) is 67.3 cm³/mol. The van der Waals surface area contributed by atoms with Gasteiger partial charge < -0.3 is 5.73 Å². The maximum absolute atomic E-state index is 10.7. The minimum atomic E-state index is -0.769. The Labute approximate surface area is 104 Å². The minimum Gasteiger partial charge on any atom is -0.350 e. The largest absolute Gasteiger partial charge is 0.350 e. The highest BCUT2D eigenvalue weighted by Gasteiger charge is 2.09. The summed E-state index contributed by atoms with van der Waals surface area (Å²) in [6.45, 7) is 1.94. The molecule has 0 aliphatic carbocycles. The zero-order valence-electron chi connectivity index (χ0n) is 9.92. The van der Waals surface area contributed by atoms with Gasteiger partial charge >= 0.3 is 6.03 Å². The van der Waals surface area contributed by atoms with E-state index in [2.05, 4.69) is 10.5 Å². The van der Waals surface area contributed by atoms with Gasteiger partial charge in [0, 0.05) is 17.7 Å². The molecule has 2 amide bonds. The summed E-state index contributed by atoms with van der Waals surface area (Å²) in [6, 6.07) is 5.31. The number of nitro benzene ring substituents is 1. The SMILES string of the molecule is CCC/C(=N/NC(N)=O)c1cccc([N+](=O)[O-])c1. The first-order chi connectivity index (χ1) is 8.54. The fraction of sp³-hybridized carbons (Fsp3) is 0.273. The van der Waals surface area contributed by atoms with Gasteiger partial charge in [-0.15, -0.1) is 0 Å². The van der Waals surface area contributed by atoms with Crippen molar-refractivity contribution < 1.29 is 9.72 Å². The maximum atomic E-state index is 10.7. The molecule has 96 valence electrons. The number of carbonyl (C=O) groups excluding carboxylic acids is 1. The Hall–Kier alpha value is -2.44. The quantitative estimate of drug-likeness (QED) is 0.471. The average Bonchev–Trinajstić information content (AvgIpc) is 2.34. The van der Waals surface area contributed by atoms with Crippen LogP contribution in [-0.2, 0) is 0 Å². The van der Waals surface area contributed by atoms with Crippen LogP contribution in [0.5, 0.6) is 0 Å². The topological polar surface area (TPSA) is 111 Å². The summed E-state index contributed by atoms with van der Waals surface area (Å²) in [7, 11) is 0. The van der Waals surface area contributed by atoms with Crippen molar-refractivity contribution in [3.05, 3.63) is 39.9 Å². The Bertz CT molecular complexity index is 485. The Morgan fingerprint density at radius 2 is 2.28 bits per heavy atom. The summed E-state index contributed by atoms with van der Waals surface area (Å²) in [5.41, 5.74) is 8.20. The molecule has 18 heavy (non-hydrogen) atoms. The Morgan fingerprint density at radius 1 is 1.56 bits per heavy atom. The van der Waals surface area contributed by atoms with Crippen molar-refractivity contribution in [1.29, 1.82) is 0 Å². The second-order valence-corrected chi connectivity index (χ2v) is 3.59. The Balaban J connectivity index is 3.05. The third kappa shape index (κ3) is 3.85. The van der Waals surface area contributed by atoms with Crippen LogP contribution >= 0.6 is 0 Å². The molecule has 0 fully saturated rings. The lowest BCUT2D eigenvalue weighted by atomic mass is 10.1. The van der Waals surface area contributed by atoms with E-state index < -0.39 is 11.0 Å². The van der Waals surface area contributed by atoms with Crippen LogP contribution < -0.4 is 11.2 Å². The summed E-state index contributed by atoms with van der Waals surface area (Å²) in [5, 5.41) is 14.5. The van der Waals surface area contributed by atoms with Crippen LogP contribution in [0.1, 0.15) is 25.3 Å². The van der Waals surface area contributed by atoms with E-state index in [1.807, 2.05) is 6.92 Å². The number of carbonyl (C=O) groups is 1. The summed E-state index contributed by atoms with van der Waals surface area (Å²) >= 11 is 0. The molecule has 7 nitrogen and oxygen atoms in total. The average molecular weight is 250 g/mol. The molecule has 0 aromatic heterocycles. The van der Waals surface area contributed by atoms with Gasteiger partial charge in [0.05, 0.1) is 10.6 Å². The van der Waals surface area contributed by atoms with E-state index in [0.29, 0.717) is 17.7 Å². The van der Waals surface area contributed by atoms with Gasteiger partial charge in [0.25, 0.3) is 5.69 Å². The molecular formula is C11H14N4O3. The molecule has 0 saturated carbocycles. The van der Waals surface area contributed by atoms with Gasteiger partial charge in [-0.1, -0.05) is 25.5 Å². The molecule has 0 bridgehead atoms. The first kappa shape index (κ1) is 13.6. The second-order valence-electron chi connectivity index (χ2n) is 3.59. The molecule has 1 aromatic rings.